The predicted molar refractivity (Wildman–Crippen MR) is 77.0 cm³/mol. The number of carbonyl (C=O) groups is 1. The highest BCUT2D eigenvalue weighted by Crippen LogP contribution is 2.14. The first-order valence-electron chi connectivity index (χ1n) is 7.54. The summed E-state index contributed by atoms with van der Waals surface area (Å²) in [6.07, 6.45) is 4.55. The highest BCUT2D eigenvalue weighted by atomic mass is 16.5. The number of amides is 1. The van der Waals surface area contributed by atoms with Crippen molar-refractivity contribution in [3.63, 3.8) is 0 Å². The Hall–Kier alpha value is -0.650. The summed E-state index contributed by atoms with van der Waals surface area (Å²) in [7, 11) is 0. The minimum atomic E-state index is -0.252. The van der Waals surface area contributed by atoms with Gasteiger partial charge in [0.1, 0.15) is 0 Å². The van der Waals surface area contributed by atoms with Gasteiger partial charge < -0.3 is 20.7 Å². The summed E-state index contributed by atoms with van der Waals surface area (Å²) in [5, 5.41) is 3.13. The molecule has 112 valence electrons. The minimum Gasteiger partial charge on any atom is -0.377 e. The Labute approximate surface area is 116 Å². The Morgan fingerprint density at radius 3 is 2.95 bits per heavy atom. The van der Waals surface area contributed by atoms with E-state index in [0.29, 0.717) is 6.10 Å². The summed E-state index contributed by atoms with van der Waals surface area (Å²) in [6.45, 7) is 8.74. The summed E-state index contributed by atoms with van der Waals surface area (Å²) >= 11 is 0. The largest absolute Gasteiger partial charge is 0.377 e. The van der Waals surface area contributed by atoms with Gasteiger partial charge in [-0.2, -0.15) is 0 Å². The lowest BCUT2D eigenvalue weighted by atomic mass is 10.1. The van der Waals surface area contributed by atoms with E-state index in [2.05, 4.69) is 17.1 Å². The van der Waals surface area contributed by atoms with Gasteiger partial charge in [-0.1, -0.05) is 13.8 Å². The summed E-state index contributed by atoms with van der Waals surface area (Å²) in [6, 6.07) is -0.207. The highest BCUT2D eigenvalue weighted by Gasteiger charge is 2.22. The van der Waals surface area contributed by atoms with E-state index in [1.54, 1.807) is 0 Å². The molecule has 2 atom stereocenters. The molecule has 0 radical (unpaired) electrons. The number of ether oxygens (including phenoxy) is 1. The molecule has 1 fully saturated rings. The lowest BCUT2D eigenvalue weighted by molar-refractivity contribution is -0.120. The number of primary amides is 1. The van der Waals surface area contributed by atoms with Crippen LogP contribution in [0, 0.1) is 0 Å². The summed E-state index contributed by atoms with van der Waals surface area (Å²) in [5.41, 5.74) is 5.39. The number of nitrogens with two attached hydrogens (primary N) is 1. The molecule has 3 N–H and O–H groups in total. The van der Waals surface area contributed by atoms with E-state index in [-0.39, 0.29) is 11.9 Å². The predicted octanol–water partition coefficient (Wildman–Crippen LogP) is 0.731. The van der Waals surface area contributed by atoms with Gasteiger partial charge >= 0.3 is 0 Å². The molecule has 2 unspecified atom stereocenters. The van der Waals surface area contributed by atoms with Crippen molar-refractivity contribution >= 4 is 5.91 Å². The van der Waals surface area contributed by atoms with Gasteiger partial charge in [-0.05, 0) is 38.8 Å². The molecule has 0 spiro atoms. The molecular weight excluding hydrogens is 242 g/mol. The van der Waals surface area contributed by atoms with Crippen molar-refractivity contribution in [2.45, 2.75) is 51.7 Å². The number of nitrogens with zero attached hydrogens (tertiary/aromatic N) is 1. The van der Waals surface area contributed by atoms with Crippen LogP contribution in [-0.2, 0) is 9.53 Å². The Kier molecular flexibility index (Phi) is 8.02. The van der Waals surface area contributed by atoms with E-state index >= 15 is 0 Å². The Morgan fingerprint density at radius 1 is 1.53 bits per heavy atom. The van der Waals surface area contributed by atoms with Crippen LogP contribution < -0.4 is 11.1 Å². The van der Waals surface area contributed by atoms with Crippen molar-refractivity contribution in [1.29, 1.82) is 0 Å². The maximum atomic E-state index is 11.3. The van der Waals surface area contributed by atoms with Crippen LogP contribution in [0.3, 0.4) is 0 Å². The molecule has 0 aromatic carbocycles. The molecule has 1 heterocycles. The third kappa shape index (κ3) is 6.36. The maximum Gasteiger partial charge on any atom is 0.234 e. The molecule has 0 aromatic heterocycles. The molecule has 1 aliphatic rings. The van der Waals surface area contributed by atoms with Gasteiger partial charge in [0.25, 0.3) is 0 Å². The number of likely N-dealkylation sites (tertiary alicyclic amines) is 1. The van der Waals surface area contributed by atoms with E-state index in [0.717, 1.165) is 52.0 Å². The van der Waals surface area contributed by atoms with Crippen molar-refractivity contribution in [3.8, 4) is 0 Å². The van der Waals surface area contributed by atoms with Crippen molar-refractivity contribution < 1.29 is 9.53 Å². The van der Waals surface area contributed by atoms with Gasteiger partial charge in [0.05, 0.1) is 12.1 Å². The second kappa shape index (κ2) is 9.28. The molecule has 0 aliphatic carbocycles. The number of rotatable bonds is 9. The number of piperidine rings is 1. The van der Waals surface area contributed by atoms with Crippen LogP contribution in [-0.4, -0.2) is 55.7 Å². The average molecular weight is 271 g/mol. The zero-order valence-corrected chi connectivity index (χ0v) is 12.4. The Morgan fingerprint density at radius 2 is 2.32 bits per heavy atom. The molecule has 1 rings (SSSR count). The maximum absolute atomic E-state index is 11.3. The second-order valence-corrected chi connectivity index (χ2v) is 5.24. The molecule has 19 heavy (non-hydrogen) atoms. The second-order valence-electron chi connectivity index (χ2n) is 5.24. The monoisotopic (exact) mass is 271 g/mol. The smallest absolute Gasteiger partial charge is 0.234 e. The van der Waals surface area contributed by atoms with E-state index in [9.17, 15) is 4.79 Å². The molecule has 1 saturated heterocycles. The first kappa shape index (κ1) is 16.4. The number of nitrogens with one attached hydrogen (secondary N) is 1. The third-order valence-electron chi connectivity index (χ3n) is 3.55. The van der Waals surface area contributed by atoms with Crippen LogP contribution in [0.2, 0.25) is 0 Å². The zero-order valence-electron chi connectivity index (χ0n) is 12.4. The molecule has 0 saturated carbocycles. The zero-order chi connectivity index (χ0) is 14.1. The molecule has 0 bridgehead atoms. The van der Waals surface area contributed by atoms with Crippen LogP contribution in [0.4, 0.5) is 0 Å². The van der Waals surface area contributed by atoms with Crippen LogP contribution in [0.15, 0.2) is 0 Å². The standard InChI is InChI=1S/C14H29N3O2/c1-3-10-19-12-6-5-8-17(11-12)9-7-13(14(15)18)16-4-2/h12-13,16H,3-11H2,1-2H3,(H2,15,18). The summed E-state index contributed by atoms with van der Waals surface area (Å²) < 4.78 is 5.82. The number of hydrogen-bond acceptors (Lipinski definition) is 4. The van der Waals surface area contributed by atoms with Gasteiger partial charge in [-0.3, -0.25) is 4.79 Å². The molecule has 0 aromatic rings. The SMILES string of the molecule is CCCOC1CCCN(CCC(NCC)C(N)=O)C1. The van der Waals surface area contributed by atoms with E-state index in [1.807, 2.05) is 6.92 Å². The summed E-state index contributed by atoms with van der Waals surface area (Å²) in [5.74, 6) is -0.252. The molecule has 5 nitrogen and oxygen atoms in total. The molecular formula is C14H29N3O2. The average Bonchev–Trinajstić information content (AvgIpc) is 2.41. The third-order valence-corrected chi connectivity index (χ3v) is 3.55. The quantitative estimate of drug-likeness (QED) is 0.649. The number of likely N-dealkylation sites (N-methyl/N-ethyl adjacent to an activating group) is 1. The summed E-state index contributed by atoms with van der Waals surface area (Å²) in [4.78, 5) is 13.7. The van der Waals surface area contributed by atoms with Gasteiger partial charge in [0.15, 0.2) is 0 Å². The first-order valence-corrected chi connectivity index (χ1v) is 7.54. The lowest BCUT2D eigenvalue weighted by Gasteiger charge is -2.33. The lowest BCUT2D eigenvalue weighted by Crippen LogP contribution is -2.46. The first-order chi connectivity index (χ1) is 9.17. The molecule has 1 aliphatic heterocycles. The van der Waals surface area contributed by atoms with Crippen molar-refractivity contribution in [1.82, 2.24) is 10.2 Å². The Bertz CT molecular complexity index is 261. The van der Waals surface area contributed by atoms with Gasteiger partial charge in [0.2, 0.25) is 5.91 Å². The van der Waals surface area contributed by atoms with Gasteiger partial charge in [0, 0.05) is 19.7 Å². The van der Waals surface area contributed by atoms with E-state index in [4.69, 9.17) is 10.5 Å². The van der Waals surface area contributed by atoms with Gasteiger partial charge in [-0.15, -0.1) is 0 Å². The number of hydrogen-bond donors (Lipinski definition) is 2. The highest BCUT2D eigenvalue weighted by molar-refractivity contribution is 5.79. The molecule has 5 heteroatoms. The van der Waals surface area contributed by atoms with E-state index in [1.165, 1.54) is 6.42 Å². The van der Waals surface area contributed by atoms with Crippen molar-refractivity contribution in [2.24, 2.45) is 5.73 Å². The molecule has 1 amide bonds. The van der Waals surface area contributed by atoms with Crippen LogP contribution >= 0.6 is 0 Å². The van der Waals surface area contributed by atoms with E-state index < -0.39 is 0 Å². The van der Waals surface area contributed by atoms with Gasteiger partial charge in [-0.25, -0.2) is 0 Å². The van der Waals surface area contributed by atoms with Crippen molar-refractivity contribution in [2.75, 3.05) is 32.8 Å². The van der Waals surface area contributed by atoms with Crippen LogP contribution in [0.25, 0.3) is 0 Å². The van der Waals surface area contributed by atoms with Crippen LogP contribution in [0.5, 0.6) is 0 Å². The normalized spacial score (nSPS) is 22.3. The fourth-order valence-electron chi connectivity index (χ4n) is 2.54. The topological polar surface area (TPSA) is 67.6 Å². The van der Waals surface area contributed by atoms with Crippen LogP contribution in [0.1, 0.15) is 39.5 Å². The fraction of sp³-hybridized carbons (Fsp3) is 0.929. The fourth-order valence-corrected chi connectivity index (χ4v) is 2.54. The van der Waals surface area contributed by atoms with Crippen molar-refractivity contribution in [3.05, 3.63) is 0 Å². The minimum absolute atomic E-state index is 0.207. The number of carbonyl (C=O) groups excluding carboxylic acids is 1. The Balaban J connectivity index is 2.29.